The van der Waals surface area contributed by atoms with Crippen molar-refractivity contribution >= 4 is 33.7 Å². The van der Waals surface area contributed by atoms with Crippen molar-refractivity contribution in [2.75, 3.05) is 0 Å². The first-order valence-electron chi connectivity index (χ1n) is 6.24. The van der Waals surface area contributed by atoms with Crippen molar-refractivity contribution in [1.29, 1.82) is 0 Å². The van der Waals surface area contributed by atoms with E-state index in [0.717, 1.165) is 22.2 Å². The van der Waals surface area contributed by atoms with Crippen molar-refractivity contribution in [3.8, 4) is 20.9 Å². The Morgan fingerprint density at radius 1 is 0.700 bits per heavy atom. The fourth-order valence-corrected chi connectivity index (χ4v) is 3.57. The molecule has 4 heterocycles. The molecule has 0 saturated heterocycles. The maximum atomic E-state index is 4.56. The fourth-order valence-electron chi connectivity index (χ4n) is 2.16. The molecule has 0 aliphatic rings. The average Bonchev–Trinajstić information content (AvgIpc) is 3.19. The van der Waals surface area contributed by atoms with Crippen LogP contribution in [0.15, 0.2) is 59.6 Å². The van der Waals surface area contributed by atoms with E-state index in [0.29, 0.717) is 0 Å². The summed E-state index contributed by atoms with van der Waals surface area (Å²) in [5.41, 5.74) is 4.14. The molecule has 0 aliphatic heterocycles. The van der Waals surface area contributed by atoms with E-state index in [1.54, 1.807) is 22.7 Å². The highest BCUT2D eigenvalue weighted by atomic mass is 32.1. The van der Waals surface area contributed by atoms with E-state index in [9.17, 15) is 0 Å². The topological polar surface area (TPSA) is 25.8 Å². The summed E-state index contributed by atoms with van der Waals surface area (Å²) in [5, 5.41) is 4.15. The van der Waals surface area contributed by atoms with Gasteiger partial charge in [-0.3, -0.25) is 9.97 Å². The summed E-state index contributed by atoms with van der Waals surface area (Å²) in [6.45, 7) is 0. The van der Waals surface area contributed by atoms with Gasteiger partial charge in [0.15, 0.2) is 0 Å². The highest BCUT2D eigenvalue weighted by Crippen LogP contribution is 2.29. The lowest BCUT2D eigenvalue weighted by atomic mass is 10.1. The molecule has 4 rings (SSSR count). The molecule has 0 bridgehead atoms. The van der Waals surface area contributed by atoms with Gasteiger partial charge in [0.25, 0.3) is 0 Å². The number of thiophene rings is 2. The number of rotatable bonds is 2. The zero-order valence-electron chi connectivity index (χ0n) is 10.5. The lowest BCUT2D eigenvalue weighted by Gasteiger charge is -2.02. The van der Waals surface area contributed by atoms with Crippen LogP contribution in [0.3, 0.4) is 0 Å². The van der Waals surface area contributed by atoms with Gasteiger partial charge in [0.2, 0.25) is 0 Å². The Labute approximate surface area is 124 Å². The summed E-state index contributed by atoms with van der Waals surface area (Å²) in [7, 11) is 0. The Balaban J connectivity index is 1.83. The second kappa shape index (κ2) is 4.81. The standard InChI is InChI=1S/C16H10N2S2/c1-3-15(19-5-1)11-7-13-14(17-9-11)8-12(10-18-13)16-4-2-6-20-16/h1-10H. The van der Waals surface area contributed by atoms with E-state index in [2.05, 4.69) is 57.1 Å². The summed E-state index contributed by atoms with van der Waals surface area (Å²) < 4.78 is 0. The first kappa shape index (κ1) is 11.8. The first-order chi connectivity index (χ1) is 9.90. The third kappa shape index (κ3) is 2.03. The van der Waals surface area contributed by atoms with E-state index < -0.39 is 0 Å². The third-order valence-electron chi connectivity index (χ3n) is 3.14. The number of aromatic nitrogens is 2. The van der Waals surface area contributed by atoms with Crippen LogP contribution in [-0.2, 0) is 0 Å². The average molecular weight is 294 g/mol. The highest BCUT2D eigenvalue weighted by molar-refractivity contribution is 7.13. The minimum absolute atomic E-state index is 0.941. The van der Waals surface area contributed by atoms with Gasteiger partial charge < -0.3 is 0 Å². The molecule has 0 amide bonds. The predicted molar refractivity (Wildman–Crippen MR) is 86.2 cm³/mol. The van der Waals surface area contributed by atoms with Gasteiger partial charge in [-0.05, 0) is 35.0 Å². The van der Waals surface area contributed by atoms with Crippen LogP contribution >= 0.6 is 22.7 Å². The van der Waals surface area contributed by atoms with E-state index >= 15 is 0 Å². The molecule has 20 heavy (non-hydrogen) atoms. The van der Waals surface area contributed by atoms with Gasteiger partial charge in [0.1, 0.15) is 0 Å². The molecular weight excluding hydrogens is 284 g/mol. The molecule has 4 heteroatoms. The van der Waals surface area contributed by atoms with Gasteiger partial charge in [-0.15, -0.1) is 22.7 Å². The van der Waals surface area contributed by atoms with Crippen molar-refractivity contribution in [3.05, 3.63) is 59.6 Å². The number of fused-ring (bicyclic) bond motifs is 1. The minimum Gasteiger partial charge on any atom is -0.254 e. The molecule has 0 unspecified atom stereocenters. The fraction of sp³-hybridized carbons (Fsp3) is 0. The smallest absolute Gasteiger partial charge is 0.0893 e. The van der Waals surface area contributed by atoms with E-state index in [1.807, 2.05) is 12.4 Å². The Kier molecular flexibility index (Phi) is 2.83. The van der Waals surface area contributed by atoms with Gasteiger partial charge >= 0.3 is 0 Å². The van der Waals surface area contributed by atoms with E-state index in [-0.39, 0.29) is 0 Å². The third-order valence-corrected chi connectivity index (χ3v) is 4.98. The number of pyridine rings is 2. The SMILES string of the molecule is c1csc(-c2cnc3cc(-c4cccs4)cnc3c2)c1. The van der Waals surface area contributed by atoms with Crippen LogP contribution in [0.1, 0.15) is 0 Å². The number of hydrogen-bond donors (Lipinski definition) is 0. The van der Waals surface area contributed by atoms with Crippen LogP contribution in [0.2, 0.25) is 0 Å². The number of nitrogens with zero attached hydrogens (tertiary/aromatic N) is 2. The number of hydrogen-bond acceptors (Lipinski definition) is 4. The molecule has 96 valence electrons. The molecule has 0 aliphatic carbocycles. The molecule has 0 saturated carbocycles. The second-order valence-electron chi connectivity index (χ2n) is 4.44. The van der Waals surface area contributed by atoms with Crippen LogP contribution < -0.4 is 0 Å². The Hall–Kier alpha value is -2.04. The molecule has 0 spiro atoms. The Morgan fingerprint density at radius 3 is 1.60 bits per heavy atom. The molecule has 2 nitrogen and oxygen atoms in total. The summed E-state index contributed by atoms with van der Waals surface area (Å²) >= 11 is 3.44. The zero-order valence-corrected chi connectivity index (χ0v) is 12.1. The van der Waals surface area contributed by atoms with Crippen LogP contribution in [0.4, 0.5) is 0 Å². The van der Waals surface area contributed by atoms with Crippen molar-refractivity contribution < 1.29 is 0 Å². The minimum atomic E-state index is 0.941. The summed E-state index contributed by atoms with van der Waals surface area (Å²) in [6.07, 6.45) is 3.85. The Bertz CT molecular complexity index is 776. The molecule has 0 atom stereocenters. The molecule has 0 fully saturated rings. The lowest BCUT2D eigenvalue weighted by Crippen LogP contribution is -1.86. The predicted octanol–water partition coefficient (Wildman–Crippen LogP) is 5.09. The zero-order chi connectivity index (χ0) is 13.4. The van der Waals surface area contributed by atoms with E-state index in [1.165, 1.54) is 9.75 Å². The van der Waals surface area contributed by atoms with Crippen LogP contribution in [0, 0.1) is 0 Å². The Morgan fingerprint density at radius 2 is 1.20 bits per heavy atom. The molecule has 0 radical (unpaired) electrons. The van der Waals surface area contributed by atoms with Gasteiger partial charge in [-0.1, -0.05) is 12.1 Å². The van der Waals surface area contributed by atoms with Crippen LogP contribution in [0.5, 0.6) is 0 Å². The van der Waals surface area contributed by atoms with Crippen molar-refractivity contribution in [1.82, 2.24) is 9.97 Å². The molecule has 0 N–H and O–H groups in total. The first-order valence-corrected chi connectivity index (χ1v) is 8.00. The molecule has 4 aromatic heterocycles. The van der Waals surface area contributed by atoms with Crippen molar-refractivity contribution in [3.63, 3.8) is 0 Å². The summed E-state index contributed by atoms with van der Waals surface area (Å²) in [4.78, 5) is 11.6. The van der Waals surface area contributed by atoms with Gasteiger partial charge in [0, 0.05) is 33.3 Å². The maximum absolute atomic E-state index is 4.56. The summed E-state index contributed by atoms with van der Waals surface area (Å²) in [6, 6.07) is 12.5. The highest BCUT2D eigenvalue weighted by Gasteiger charge is 2.05. The van der Waals surface area contributed by atoms with Crippen molar-refractivity contribution in [2.45, 2.75) is 0 Å². The van der Waals surface area contributed by atoms with E-state index in [4.69, 9.17) is 0 Å². The van der Waals surface area contributed by atoms with Crippen molar-refractivity contribution in [2.24, 2.45) is 0 Å². The van der Waals surface area contributed by atoms with Crippen LogP contribution in [0.25, 0.3) is 31.9 Å². The van der Waals surface area contributed by atoms with Crippen LogP contribution in [-0.4, -0.2) is 9.97 Å². The molecular formula is C16H10N2S2. The second-order valence-corrected chi connectivity index (χ2v) is 6.34. The summed E-state index contributed by atoms with van der Waals surface area (Å²) in [5.74, 6) is 0. The normalized spacial score (nSPS) is 11.0. The van der Waals surface area contributed by atoms with Gasteiger partial charge in [-0.2, -0.15) is 0 Å². The maximum Gasteiger partial charge on any atom is 0.0893 e. The largest absolute Gasteiger partial charge is 0.254 e. The molecule has 0 aromatic carbocycles. The molecule has 4 aromatic rings. The van der Waals surface area contributed by atoms with Gasteiger partial charge in [-0.25, -0.2) is 0 Å². The van der Waals surface area contributed by atoms with Gasteiger partial charge in [0.05, 0.1) is 11.0 Å². The monoisotopic (exact) mass is 294 g/mol. The lowest BCUT2D eigenvalue weighted by molar-refractivity contribution is 1.34. The quantitative estimate of drug-likeness (QED) is 0.515.